The molecule has 0 saturated heterocycles. The zero-order chi connectivity index (χ0) is 13.4. The molecule has 0 saturated carbocycles. The number of hydrogen-bond donors (Lipinski definition) is 3. The average Bonchev–Trinajstić information content (AvgIpc) is 2.32. The van der Waals surface area contributed by atoms with Crippen molar-refractivity contribution in [1.29, 1.82) is 0 Å². The third kappa shape index (κ3) is 5.82. The maximum absolute atomic E-state index is 9.39. The van der Waals surface area contributed by atoms with Crippen molar-refractivity contribution in [3.05, 3.63) is 11.8 Å². The van der Waals surface area contributed by atoms with Gasteiger partial charge in [0.1, 0.15) is 5.84 Å². The summed E-state index contributed by atoms with van der Waals surface area (Å²) in [5.41, 5.74) is 6.81. The van der Waals surface area contributed by atoms with Gasteiger partial charge < -0.3 is 16.2 Å². The molecule has 5 nitrogen and oxygen atoms in total. The first-order valence-corrected chi connectivity index (χ1v) is 6.61. The lowest BCUT2D eigenvalue weighted by Gasteiger charge is -2.18. The van der Waals surface area contributed by atoms with Crippen molar-refractivity contribution in [2.75, 3.05) is 6.54 Å². The molecule has 0 heterocycles. The summed E-state index contributed by atoms with van der Waals surface area (Å²) in [5, 5.41) is 12.6. The highest BCUT2D eigenvalue weighted by Crippen LogP contribution is 2.15. The van der Waals surface area contributed by atoms with Gasteiger partial charge in [0.25, 0.3) is 0 Å². The van der Waals surface area contributed by atoms with Crippen LogP contribution in [0.2, 0.25) is 0 Å². The molecule has 18 heavy (non-hydrogen) atoms. The quantitative estimate of drug-likeness (QED) is 0.403. The van der Waals surface area contributed by atoms with Gasteiger partial charge in [0, 0.05) is 12.2 Å². The minimum absolute atomic E-state index is 0.200. The number of amidine groups is 1. The summed E-state index contributed by atoms with van der Waals surface area (Å²) in [6, 6.07) is 0. The summed E-state index contributed by atoms with van der Waals surface area (Å²) in [7, 11) is 0. The average molecular weight is 252 g/mol. The van der Waals surface area contributed by atoms with E-state index in [1.165, 1.54) is 0 Å². The third-order valence-corrected chi connectivity index (χ3v) is 2.79. The van der Waals surface area contributed by atoms with Crippen LogP contribution in [0.25, 0.3) is 0 Å². The summed E-state index contributed by atoms with van der Waals surface area (Å²) in [6.07, 6.45) is 6.30. The zero-order valence-corrected chi connectivity index (χ0v) is 11.3. The van der Waals surface area contributed by atoms with Gasteiger partial charge in [-0.25, -0.2) is 4.99 Å². The Morgan fingerprint density at radius 1 is 1.61 bits per heavy atom. The molecule has 0 aromatic carbocycles. The lowest BCUT2D eigenvalue weighted by molar-refractivity contribution is 0.162. The molecule has 0 aromatic rings. The smallest absolute Gasteiger partial charge is 0.216 e. The molecule has 0 spiro atoms. The van der Waals surface area contributed by atoms with E-state index in [2.05, 4.69) is 22.2 Å². The molecule has 1 aliphatic rings. The molecule has 1 unspecified atom stereocenters. The second-order valence-electron chi connectivity index (χ2n) is 4.57. The van der Waals surface area contributed by atoms with E-state index in [4.69, 9.17) is 5.73 Å². The Labute approximate surface area is 109 Å². The molecule has 0 amide bonds. The maximum atomic E-state index is 9.39. The summed E-state index contributed by atoms with van der Waals surface area (Å²) in [5.74, 6) is 1.07. The maximum Gasteiger partial charge on any atom is 0.216 e. The van der Waals surface area contributed by atoms with Crippen molar-refractivity contribution in [3.63, 3.8) is 0 Å². The normalized spacial score (nSPS) is 21.7. The van der Waals surface area contributed by atoms with Gasteiger partial charge in [-0.05, 0) is 32.6 Å². The predicted octanol–water partition coefficient (Wildman–Crippen LogP) is 1.54. The van der Waals surface area contributed by atoms with Crippen molar-refractivity contribution < 1.29 is 5.11 Å². The van der Waals surface area contributed by atoms with E-state index < -0.39 is 0 Å². The first-order valence-electron chi connectivity index (χ1n) is 6.61. The molecule has 5 heteroatoms. The van der Waals surface area contributed by atoms with Crippen LogP contribution in [-0.2, 0) is 0 Å². The molecule has 1 atom stereocenters. The molecule has 0 radical (unpaired) electrons. The Morgan fingerprint density at radius 2 is 2.39 bits per heavy atom. The summed E-state index contributed by atoms with van der Waals surface area (Å²) in [6.45, 7) is 4.72. The number of hydrogen-bond acceptors (Lipinski definition) is 2. The highest BCUT2D eigenvalue weighted by atomic mass is 16.3. The Bertz CT molecular complexity index is 347. The number of nitrogens with two attached hydrogens (primary N) is 1. The van der Waals surface area contributed by atoms with Crippen molar-refractivity contribution in [2.45, 2.75) is 52.1 Å². The van der Waals surface area contributed by atoms with Crippen LogP contribution in [0.3, 0.4) is 0 Å². The summed E-state index contributed by atoms with van der Waals surface area (Å²) in [4.78, 5) is 8.36. The Balaban J connectivity index is 2.44. The highest BCUT2D eigenvalue weighted by Gasteiger charge is 2.11. The van der Waals surface area contributed by atoms with Gasteiger partial charge in [0.2, 0.25) is 5.96 Å². The van der Waals surface area contributed by atoms with Crippen molar-refractivity contribution in [1.82, 2.24) is 5.32 Å². The molecule has 1 aliphatic carbocycles. The first kappa shape index (κ1) is 14.7. The number of aliphatic imine (C=N–C) groups is 2. The fourth-order valence-corrected chi connectivity index (χ4v) is 1.75. The number of guanidine groups is 1. The molecule has 4 N–H and O–H groups in total. The van der Waals surface area contributed by atoms with Crippen molar-refractivity contribution in [2.24, 2.45) is 15.7 Å². The molecular weight excluding hydrogens is 228 g/mol. The van der Waals surface area contributed by atoms with Crippen LogP contribution in [0, 0.1) is 0 Å². The molecule has 1 rings (SSSR count). The van der Waals surface area contributed by atoms with Gasteiger partial charge in [0.05, 0.1) is 6.10 Å². The van der Waals surface area contributed by atoms with Crippen molar-refractivity contribution >= 4 is 11.8 Å². The Kier molecular flexibility index (Phi) is 6.43. The largest absolute Gasteiger partial charge is 0.393 e. The lowest BCUT2D eigenvalue weighted by atomic mass is 10.0. The van der Waals surface area contributed by atoms with Crippen LogP contribution >= 0.6 is 0 Å². The van der Waals surface area contributed by atoms with Crippen LogP contribution in [0.4, 0.5) is 0 Å². The number of unbranched alkanes of at least 4 members (excludes halogenated alkanes) is 1. The molecule has 102 valence electrons. The molecule has 0 aromatic heterocycles. The highest BCUT2D eigenvalue weighted by molar-refractivity contribution is 5.94. The predicted molar refractivity (Wildman–Crippen MR) is 75.6 cm³/mol. The molecular formula is C13H24N4O. The number of aliphatic hydroxyl groups excluding tert-OH is 1. The topological polar surface area (TPSA) is 83.0 Å². The van der Waals surface area contributed by atoms with E-state index in [9.17, 15) is 5.11 Å². The van der Waals surface area contributed by atoms with Gasteiger partial charge in [-0.2, -0.15) is 0 Å². The van der Waals surface area contributed by atoms with Crippen LogP contribution in [0.15, 0.2) is 21.8 Å². The number of allylic oxidation sites excluding steroid dienone is 1. The van der Waals surface area contributed by atoms with E-state index >= 15 is 0 Å². The van der Waals surface area contributed by atoms with Crippen LogP contribution in [-0.4, -0.2) is 29.6 Å². The van der Waals surface area contributed by atoms with Gasteiger partial charge in [-0.3, -0.25) is 4.99 Å². The fourth-order valence-electron chi connectivity index (χ4n) is 1.75. The van der Waals surface area contributed by atoms with E-state index in [0.29, 0.717) is 12.4 Å². The van der Waals surface area contributed by atoms with Crippen LogP contribution in [0.5, 0.6) is 0 Å². The van der Waals surface area contributed by atoms with Crippen molar-refractivity contribution in [3.8, 4) is 0 Å². The van der Waals surface area contributed by atoms with E-state index in [1.807, 2.05) is 13.0 Å². The second kappa shape index (κ2) is 7.87. The third-order valence-electron chi connectivity index (χ3n) is 2.79. The second-order valence-corrected chi connectivity index (χ2v) is 4.57. The van der Waals surface area contributed by atoms with Crippen LogP contribution < -0.4 is 11.1 Å². The fraction of sp³-hybridized carbons (Fsp3) is 0.692. The summed E-state index contributed by atoms with van der Waals surface area (Å²) >= 11 is 0. The SMILES string of the molecule is CCCCN=C(N)N=C(C)NC1=CCC(O)CC1. The van der Waals surface area contributed by atoms with Gasteiger partial charge >= 0.3 is 0 Å². The number of nitrogens with zero attached hydrogens (tertiary/aromatic N) is 2. The lowest BCUT2D eigenvalue weighted by Crippen LogP contribution is -2.26. The first-order chi connectivity index (χ1) is 8.61. The minimum atomic E-state index is -0.200. The minimum Gasteiger partial charge on any atom is -0.393 e. The van der Waals surface area contributed by atoms with E-state index in [-0.39, 0.29) is 6.10 Å². The molecule has 0 bridgehead atoms. The standard InChI is InChI=1S/C13H24N4O/c1-3-4-9-15-13(14)17-10(2)16-11-5-7-12(18)8-6-11/h5,12,18H,3-4,6-9H2,1-2H3,(H3,14,15,16,17). The number of nitrogens with one attached hydrogen (secondary N) is 1. The monoisotopic (exact) mass is 252 g/mol. The molecule has 0 fully saturated rings. The zero-order valence-electron chi connectivity index (χ0n) is 11.3. The number of aliphatic hydroxyl groups is 1. The van der Waals surface area contributed by atoms with E-state index in [1.54, 1.807) is 0 Å². The van der Waals surface area contributed by atoms with Gasteiger partial charge in [-0.15, -0.1) is 0 Å². The Morgan fingerprint density at radius 3 is 3.00 bits per heavy atom. The van der Waals surface area contributed by atoms with Gasteiger partial charge in [0.15, 0.2) is 0 Å². The Hall–Kier alpha value is -1.36. The molecule has 0 aliphatic heterocycles. The summed E-state index contributed by atoms with van der Waals surface area (Å²) < 4.78 is 0. The van der Waals surface area contributed by atoms with E-state index in [0.717, 1.165) is 43.8 Å². The van der Waals surface area contributed by atoms with Gasteiger partial charge in [-0.1, -0.05) is 19.4 Å². The number of rotatable bonds is 4. The van der Waals surface area contributed by atoms with Crippen LogP contribution in [0.1, 0.15) is 46.0 Å².